The van der Waals surface area contributed by atoms with E-state index in [2.05, 4.69) is 10.00 Å². The molecule has 176 valence electrons. The highest BCUT2D eigenvalue weighted by Gasteiger charge is 2.38. The Labute approximate surface area is 188 Å². The number of carboxylic acids is 1. The van der Waals surface area contributed by atoms with Crippen LogP contribution in [0.1, 0.15) is 16.1 Å². The number of hydrogen-bond donors (Lipinski definition) is 1. The van der Waals surface area contributed by atoms with E-state index in [-0.39, 0.29) is 5.91 Å². The second-order valence-electron chi connectivity index (χ2n) is 7.47. The number of rotatable bonds is 4. The number of carbonyl (C=O) groups excluding carboxylic acids is 1. The van der Waals surface area contributed by atoms with Crippen LogP contribution in [-0.4, -0.2) is 77.0 Å². The lowest BCUT2D eigenvalue weighted by Crippen LogP contribution is -2.37. The third kappa shape index (κ3) is 6.86. The first kappa shape index (κ1) is 25.5. The van der Waals surface area contributed by atoms with Crippen molar-refractivity contribution >= 4 is 23.5 Å². The Kier molecular flexibility index (Phi) is 8.51. The van der Waals surface area contributed by atoms with Gasteiger partial charge >= 0.3 is 12.1 Å². The SMILES string of the molecule is COc1ccc(Cl)c(C(=O)N2Cc3ccnn3CC(CN(C)C)C2)c1.O=C(O)C(F)(F)F. The number of fused-ring (bicyclic) bond motifs is 1. The number of nitrogens with zero attached hydrogens (tertiary/aromatic N) is 4. The fourth-order valence-electron chi connectivity index (χ4n) is 3.29. The highest BCUT2D eigenvalue weighted by Crippen LogP contribution is 2.26. The number of benzene rings is 1. The number of carboxylic acid groups (broad SMARTS) is 1. The van der Waals surface area contributed by atoms with Crippen LogP contribution >= 0.6 is 11.6 Å². The standard InChI is InChI=1S/C18H23ClN4O2.C2HF3O2/c1-21(2)9-13-10-22(12-14-6-7-20-23(14)11-13)18(24)16-8-15(25-3)4-5-17(16)19;3-2(4,5)1(6)7/h4-8,13H,9-12H2,1-3H3;(H,6,7). The number of alkyl halides is 3. The fraction of sp³-hybridized carbons (Fsp3) is 0.450. The first-order valence-electron chi connectivity index (χ1n) is 9.50. The van der Waals surface area contributed by atoms with Crippen LogP contribution in [0.15, 0.2) is 30.5 Å². The number of amides is 1. The quantitative estimate of drug-likeness (QED) is 0.730. The Balaban J connectivity index is 0.000000451. The van der Waals surface area contributed by atoms with Gasteiger partial charge in [0.15, 0.2) is 0 Å². The van der Waals surface area contributed by atoms with Crippen LogP contribution in [0.5, 0.6) is 5.75 Å². The van der Waals surface area contributed by atoms with Gasteiger partial charge in [0.05, 0.1) is 29.9 Å². The lowest BCUT2D eigenvalue weighted by molar-refractivity contribution is -0.192. The van der Waals surface area contributed by atoms with Crippen LogP contribution in [0.2, 0.25) is 5.02 Å². The van der Waals surface area contributed by atoms with Gasteiger partial charge in [0.1, 0.15) is 5.75 Å². The third-order valence-corrected chi connectivity index (χ3v) is 4.95. The van der Waals surface area contributed by atoms with Gasteiger partial charge in [-0.3, -0.25) is 9.48 Å². The van der Waals surface area contributed by atoms with E-state index >= 15 is 0 Å². The fourth-order valence-corrected chi connectivity index (χ4v) is 3.48. The number of ether oxygens (including phenoxy) is 1. The smallest absolute Gasteiger partial charge is 0.490 e. The molecule has 1 aromatic carbocycles. The van der Waals surface area contributed by atoms with Gasteiger partial charge in [-0.15, -0.1) is 0 Å². The van der Waals surface area contributed by atoms with Gasteiger partial charge in [0.2, 0.25) is 0 Å². The topological polar surface area (TPSA) is 87.9 Å². The predicted molar refractivity (Wildman–Crippen MR) is 111 cm³/mol. The molecule has 0 saturated carbocycles. The molecule has 0 radical (unpaired) electrons. The number of carbonyl (C=O) groups is 2. The Morgan fingerprint density at radius 2 is 1.94 bits per heavy atom. The lowest BCUT2D eigenvalue weighted by atomic mass is 10.1. The summed E-state index contributed by atoms with van der Waals surface area (Å²) in [5.74, 6) is -1.92. The average Bonchev–Trinajstić information content (AvgIpc) is 3.05. The van der Waals surface area contributed by atoms with Crippen LogP contribution in [0.4, 0.5) is 13.2 Å². The molecule has 1 atom stereocenters. The molecule has 3 rings (SSSR count). The molecule has 1 aliphatic rings. The molecule has 0 fully saturated rings. The van der Waals surface area contributed by atoms with Gasteiger partial charge < -0.3 is 19.6 Å². The minimum Gasteiger partial charge on any atom is -0.497 e. The third-order valence-electron chi connectivity index (χ3n) is 4.62. The van der Waals surface area contributed by atoms with E-state index in [1.54, 1.807) is 31.5 Å². The molecular weight excluding hydrogens is 453 g/mol. The van der Waals surface area contributed by atoms with Crippen molar-refractivity contribution in [1.82, 2.24) is 19.6 Å². The molecular formula is C20H24ClF3N4O4. The number of hydrogen-bond acceptors (Lipinski definition) is 5. The molecule has 2 aromatic rings. The normalized spacial score (nSPS) is 16.0. The van der Waals surface area contributed by atoms with E-state index in [0.717, 1.165) is 18.8 Å². The van der Waals surface area contributed by atoms with Crippen molar-refractivity contribution in [2.45, 2.75) is 19.3 Å². The second-order valence-corrected chi connectivity index (χ2v) is 7.87. The molecule has 2 heterocycles. The van der Waals surface area contributed by atoms with Crippen LogP contribution in [0.3, 0.4) is 0 Å². The molecule has 8 nitrogen and oxygen atoms in total. The predicted octanol–water partition coefficient (Wildman–Crippen LogP) is 3.01. The molecule has 1 N–H and O–H groups in total. The van der Waals surface area contributed by atoms with Crippen molar-refractivity contribution < 1.29 is 32.6 Å². The number of aliphatic carboxylic acids is 1. The maximum absolute atomic E-state index is 13.1. The van der Waals surface area contributed by atoms with E-state index in [0.29, 0.717) is 35.3 Å². The molecule has 12 heteroatoms. The Morgan fingerprint density at radius 3 is 2.50 bits per heavy atom. The maximum Gasteiger partial charge on any atom is 0.490 e. The van der Waals surface area contributed by atoms with Crippen molar-refractivity contribution in [2.75, 3.05) is 34.3 Å². The van der Waals surface area contributed by atoms with E-state index < -0.39 is 12.1 Å². The highest BCUT2D eigenvalue weighted by atomic mass is 35.5. The summed E-state index contributed by atoms with van der Waals surface area (Å²) >= 11 is 6.28. The molecule has 1 aliphatic heterocycles. The van der Waals surface area contributed by atoms with Gasteiger partial charge in [-0.05, 0) is 38.4 Å². The number of aromatic nitrogens is 2. The summed E-state index contributed by atoms with van der Waals surface area (Å²) in [6.07, 6.45) is -3.30. The van der Waals surface area contributed by atoms with Crippen LogP contribution in [0.25, 0.3) is 0 Å². The first-order valence-corrected chi connectivity index (χ1v) is 9.88. The van der Waals surface area contributed by atoms with Gasteiger partial charge in [0, 0.05) is 31.7 Å². The Morgan fingerprint density at radius 1 is 1.28 bits per heavy atom. The van der Waals surface area contributed by atoms with Crippen LogP contribution in [0, 0.1) is 5.92 Å². The maximum atomic E-state index is 13.1. The van der Waals surface area contributed by atoms with Gasteiger partial charge in [0.25, 0.3) is 5.91 Å². The Hall–Kier alpha value is -2.79. The van der Waals surface area contributed by atoms with E-state index in [4.69, 9.17) is 26.2 Å². The van der Waals surface area contributed by atoms with Gasteiger partial charge in [-0.25, -0.2) is 4.79 Å². The van der Waals surface area contributed by atoms with E-state index in [1.165, 1.54) is 0 Å². The minimum absolute atomic E-state index is 0.0812. The van der Waals surface area contributed by atoms with Crippen molar-refractivity contribution in [3.8, 4) is 5.75 Å². The van der Waals surface area contributed by atoms with Crippen LogP contribution in [-0.2, 0) is 17.9 Å². The Bertz CT molecular complexity index is 949. The van der Waals surface area contributed by atoms with Crippen molar-refractivity contribution in [3.05, 3.63) is 46.7 Å². The van der Waals surface area contributed by atoms with Crippen molar-refractivity contribution in [2.24, 2.45) is 5.92 Å². The zero-order valence-corrected chi connectivity index (χ0v) is 18.5. The molecule has 1 aromatic heterocycles. The molecule has 0 spiro atoms. The molecule has 1 amide bonds. The van der Waals surface area contributed by atoms with E-state index in [1.807, 2.05) is 29.7 Å². The summed E-state index contributed by atoms with van der Waals surface area (Å²) in [5, 5.41) is 12.0. The van der Waals surface area contributed by atoms with Gasteiger partial charge in [-0.1, -0.05) is 11.6 Å². The zero-order chi connectivity index (χ0) is 24.1. The van der Waals surface area contributed by atoms with E-state index in [9.17, 15) is 18.0 Å². The minimum atomic E-state index is -5.08. The van der Waals surface area contributed by atoms with Crippen molar-refractivity contribution in [3.63, 3.8) is 0 Å². The average molecular weight is 477 g/mol. The number of halogens is 4. The second kappa shape index (κ2) is 10.7. The zero-order valence-electron chi connectivity index (χ0n) is 17.8. The van der Waals surface area contributed by atoms with Crippen molar-refractivity contribution in [1.29, 1.82) is 0 Å². The molecule has 0 bridgehead atoms. The lowest BCUT2D eigenvalue weighted by Gasteiger charge is -2.26. The summed E-state index contributed by atoms with van der Waals surface area (Å²) < 4.78 is 39.0. The number of methoxy groups -OCH3 is 1. The van der Waals surface area contributed by atoms with Gasteiger partial charge in [-0.2, -0.15) is 18.3 Å². The first-order chi connectivity index (χ1) is 14.9. The summed E-state index contributed by atoms with van der Waals surface area (Å²) in [6, 6.07) is 7.12. The summed E-state index contributed by atoms with van der Waals surface area (Å²) in [7, 11) is 5.66. The molecule has 0 aliphatic carbocycles. The molecule has 1 unspecified atom stereocenters. The van der Waals surface area contributed by atoms with Crippen LogP contribution < -0.4 is 4.74 Å². The molecule has 32 heavy (non-hydrogen) atoms. The summed E-state index contributed by atoms with van der Waals surface area (Å²) in [5.41, 5.74) is 1.51. The molecule has 0 saturated heterocycles. The largest absolute Gasteiger partial charge is 0.497 e. The summed E-state index contributed by atoms with van der Waals surface area (Å²) in [6.45, 7) is 2.87. The monoisotopic (exact) mass is 476 g/mol. The highest BCUT2D eigenvalue weighted by molar-refractivity contribution is 6.33. The summed E-state index contributed by atoms with van der Waals surface area (Å²) in [4.78, 5) is 26.0.